The number of nitrogens with zero attached hydrogens (tertiary/aromatic N) is 3. The van der Waals surface area contributed by atoms with Gasteiger partial charge in [-0.3, -0.25) is 4.68 Å². The van der Waals surface area contributed by atoms with Gasteiger partial charge >= 0.3 is 0 Å². The highest BCUT2D eigenvalue weighted by molar-refractivity contribution is 5.94. The molecule has 1 aromatic heterocycles. The van der Waals surface area contributed by atoms with Gasteiger partial charge < -0.3 is 10.6 Å². The molecule has 0 radical (unpaired) electrons. The van der Waals surface area contributed by atoms with Gasteiger partial charge in [0.25, 0.3) is 0 Å². The van der Waals surface area contributed by atoms with Crippen LogP contribution >= 0.6 is 0 Å². The molecule has 3 aromatic rings. The van der Waals surface area contributed by atoms with E-state index in [9.17, 15) is 0 Å². The van der Waals surface area contributed by atoms with Crippen molar-refractivity contribution >= 4 is 22.1 Å². The summed E-state index contributed by atoms with van der Waals surface area (Å²) in [7, 11) is 0. The summed E-state index contributed by atoms with van der Waals surface area (Å²) < 4.78 is 1.89. The molecule has 1 heterocycles. The molecule has 3 rings (SSSR count). The van der Waals surface area contributed by atoms with E-state index in [0.29, 0.717) is 5.69 Å². The van der Waals surface area contributed by atoms with Gasteiger partial charge in [0.15, 0.2) is 0 Å². The molecule has 4 heteroatoms. The zero-order valence-corrected chi connectivity index (χ0v) is 12.2. The van der Waals surface area contributed by atoms with E-state index in [4.69, 9.17) is 5.73 Å². The van der Waals surface area contributed by atoms with Crippen LogP contribution in [0.5, 0.6) is 0 Å². The van der Waals surface area contributed by atoms with Gasteiger partial charge in [-0.15, -0.1) is 0 Å². The number of hydrogen-bond donors (Lipinski definition) is 1. The summed E-state index contributed by atoms with van der Waals surface area (Å²) in [5, 5.41) is 6.81. The minimum Gasteiger partial charge on any atom is -0.396 e. The van der Waals surface area contributed by atoms with Crippen LogP contribution < -0.4 is 10.6 Å². The number of anilines is 2. The Labute approximate surface area is 124 Å². The lowest BCUT2D eigenvalue weighted by Crippen LogP contribution is -2.27. The van der Waals surface area contributed by atoms with E-state index in [-0.39, 0.29) is 0 Å². The second-order valence-corrected chi connectivity index (χ2v) is 5.11. The summed E-state index contributed by atoms with van der Waals surface area (Å²) in [5.41, 5.74) is 7.69. The Kier molecular flexibility index (Phi) is 3.77. The van der Waals surface area contributed by atoms with Crippen LogP contribution in [0, 0.1) is 0 Å². The predicted molar refractivity (Wildman–Crippen MR) is 88.5 cm³/mol. The van der Waals surface area contributed by atoms with Crippen molar-refractivity contribution < 1.29 is 0 Å². The number of fused-ring (bicyclic) bond motifs is 1. The van der Waals surface area contributed by atoms with E-state index < -0.39 is 0 Å². The molecule has 0 bridgehead atoms. The Balaban J connectivity index is 1.84. The average molecular weight is 280 g/mol. The molecule has 0 saturated heterocycles. The first-order chi connectivity index (χ1) is 10.3. The first-order valence-corrected chi connectivity index (χ1v) is 7.28. The first kappa shape index (κ1) is 13.5. The van der Waals surface area contributed by atoms with Crippen LogP contribution in [0.1, 0.15) is 6.92 Å². The molecule has 0 aliphatic heterocycles. The first-order valence-electron chi connectivity index (χ1n) is 7.28. The minimum atomic E-state index is 0.711. The fourth-order valence-corrected chi connectivity index (χ4v) is 2.66. The lowest BCUT2D eigenvalue weighted by Gasteiger charge is -2.24. The van der Waals surface area contributed by atoms with Crippen molar-refractivity contribution in [1.82, 2.24) is 9.78 Å². The summed E-state index contributed by atoms with van der Waals surface area (Å²) in [6, 6.07) is 15.0. The van der Waals surface area contributed by atoms with Gasteiger partial charge in [0.2, 0.25) is 0 Å². The molecule has 108 valence electrons. The van der Waals surface area contributed by atoms with Gasteiger partial charge in [-0.25, -0.2) is 0 Å². The molecule has 0 saturated carbocycles. The van der Waals surface area contributed by atoms with E-state index in [1.54, 1.807) is 6.20 Å². The maximum atomic E-state index is 5.71. The van der Waals surface area contributed by atoms with Crippen LogP contribution in [0.25, 0.3) is 10.8 Å². The number of aromatic nitrogens is 2. The Hall–Kier alpha value is -2.49. The monoisotopic (exact) mass is 280 g/mol. The van der Waals surface area contributed by atoms with Gasteiger partial charge in [-0.1, -0.05) is 36.4 Å². The quantitative estimate of drug-likeness (QED) is 0.781. The number of nitrogens with two attached hydrogens (primary N) is 1. The Morgan fingerprint density at radius 3 is 2.71 bits per heavy atom. The smallest absolute Gasteiger partial charge is 0.0719 e. The van der Waals surface area contributed by atoms with Gasteiger partial charge in [0.1, 0.15) is 0 Å². The molecule has 2 N–H and O–H groups in total. The van der Waals surface area contributed by atoms with Crippen molar-refractivity contribution in [3.63, 3.8) is 0 Å². The van der Waals surface area contributed by atoms with Crippen LogP contribution in [0.3, 0.4) is 0 Å². The zero-order chi connectivity index (χ0) is 14.7. The highest BCUT2D eigenvalue weighted by Crippen LogP contribution is 2.26. The second kappa shape index (κ2) is 5.87. The molecular weight excluding hydrogens is 260 g/mol. The molecule has 0 unspecified atom stereocenters. The van der Waals surface area contributed by atoms with Crippen LogP contribution in [0.2, 0.25) is 0 Å². The zero-order valence-electron chi connectivity index (χ0n) is 12.2. The molecule has 4 nitrogen and oxygen atoms in total. The molecule has 0 atom stereocenters. The molecule has 0 fully saturated rings. The Morgan fingerprint density at radius 1 is 1.14 bits per heavy atom. The Morgan fingerprint density at radius 2 is 1.95 bits per heavy atom. The molecule has 2 aromatic carbocycles. The van der Waals surface area contributed by atoms with Gasteiger partial charge in [-0.05, 0) is 18.4 Å². The second-order valence-electron chi connectivity index (χ2n) is 5.11. The third kappa shape index (κ3) is 2.84. The van der Waals surface area contributed by atoms with E-state index in [0.717, 1.165) is 19.6 Å². The third-order valence-corrected chi connectivity index (χ3v) is 3.74. The van der Waals surface area contributed by atoms with Gasteiger partial charge in [0.05, 0.1) is 18.4 Å². The number of benzene rings is 2. The maximum Gasteiger partial charge on any atom is 0.0719 e. The molecule has 0 aliphatic rings. The topological polar surface area (TPSA) is 47.1 Å². The van der Waals surface area contributed by atoms with E-state index in [1.165, 1.54) is 16.5 Å². The summed E-state index contributed by atoms with van der Waals surface area (Å²) in [4.78, 5) is 2.38. The van der Waals surface area contributed by atoms with Gasteiger partial charge in [-0.2, -0.15) is 5.10 Å². The van der Waals surface area contributed by atoms with Crippen molar-refractivity contribution in [1.29, 1.82) is 0 Å². The van der Waals surface area contributed by atoms with Gasteiger partial charge in [0, 0.05) is 30.4 Å². The lowest BCUT2D eigenvalue weighted by atomic mass is 10.1. The van der Waals surface area contributed by atoms with Crippen molar-refractivity contribution in [2.24, 2.45) is 0 Å². The number of nitrogen functional groups attached to an aromatic ring is 1. The summed E-state index contributed by atoms with van der Waals surface area (Å²) in [6.07, 6.45) is 3.56. The average Bonchev–Trinajstić information content (AvgIpc) is 2.93. The predicted octanol–water partition coefficient (Wildman–Crippen LogP) is 3.15. The highest BCUT2D eigenvalue weighted by atomic mass is 15.3. The van der Waals surface area contributed by atoms with Crippen molar-refractivity contribution in [3.8, 4) is 0 Å². The minimum absolute atomic E-state index is 0.711. The van der Waals surface area contributed by atoms with Crippen molar-refractivity contribution in [3.05, 3.63) is 54.9 Å². The summed E-state index contributed by atoms with van der Waals surface area (Å²) in [6.45, 7) is 4.88. The highest BCUT2D eigenvalue weighted by Gasteiger charge is 2.08. The molecule has 0 amide bonds. The van der Waals surface area contributed by atoms with E-state index in [2.05, 4.69) is 59.4 Å². The fraction of sp³-hybridized carbons (Fsp3) is 0.235. The number of hydrogen-bond acceptors (Lipinski definition) is 3. The normalized spacial score (nSPS) is 10.9. The fourth-order valence-electron chi connectivity index (χ4n) is 2.66. The van der Waals surface area contributed by atoms with Crippen molar-refractivity contribution in [2.45, 2.75) is 13.5 Å². The summed E-state index contributed by atoms with van der Waals surface area (Å²) >= 11 is 0. The van der Waals surface area contributed by atoms with Crippen LogP contribution in [0.15, 0.2) is 54.9 Å². The van der Waals surface area contributed by atoms with Crippen LogP contribution in [-0.2, 0) is 6.54 Å². The Bertz CT molecular complexity index is 727. The molecule has 0 spiro atoms. The number of rotatable bonds is 5. The molecule has 21 heavy (non-hydrogen) atoms. The van der Waals surface area contributed by atoms with Crippen molar-refractivity contribution in [2.75, 3.05) is 23.7 Å². The molecule has 0 aliphatic carbocycles. The standard InChI is InChI=1S/C17H20N4/c1-2-20(10-11-21-13-15(18)12-19-21)17-9-5-7-14-6-3-4-8-16(14)17/h3-9,12-13H,2,10-11,18H2,1H3. The van der Waals surface area contributed by atoms with E-state index in [1.807, 2.05) is 10.9 Å². The maximum absolute atomic E-state index is 5.71. The third-order valence-electron chi connectivity index (χ3n) is 3.74. The largest absolute Gasteiger partial charge is 0.396 e. The van der Waals surface area contributed by atoms with Crippen LogP contribution in [-0.4, -0.2) is 22.9 Å². The lowest BCUT2D eigenvalue weighted by molar-refractivity contribution is 0.601. The molecular formula is C17H20N4. The summed E-state index contributed by atoms with van der Waals surface area (Å²) in [5.74, 6) is 0. The SMILES string of the molecule is CCN(CCn1cc(N)cn1)c1cccc2ccccc12. The van der Waals surface area contributed by atoms with Crippen LogP contribution in [0.4, 0.5) is 11.4 Å². The van der Waals surface area contributed by atoms with E-state index >= 15 is 0 Å². The number of likely N-dealkylation sites (N-methyl/N-ethyl adjacent to an activating group) is 1.